The molecule has 0 radical (unpaired) electrons. The number of aromatic nitrogens is 2. The van der Waals surface area contributed by atoms with Crippen LogP contribution in [0.25, 0.3) is 0 Å². The molecule has 128 valence electrons. The van der Waals surface area contributed by atoms with E-state index in [-0.39, 0.29) is 11.2 Å². The van der Waals surface area contributed by atoms with Gasteiger partial charge in [-0.3, -0.25) is 18.8 Å². The predicted molar refractivity (Wildman–Crippen MR) is 95.0 cm³/mol. The zero-order valence-electron chi connectivity index (χ0n) is 14.7. The number of nitrogens with zero attached hydrogens (tertiary/aromatic N) is 3. The monoisotopic (exact) mass is 327 g/mol. The highest BCUT2D eigenvalue weighted by Gasteiger charge is 2.29. The van der Waals surface area contributed by atoms with Gasteiger partial charge in [-0.25, -0.2) is 4.79 Å². The van der Waals surface area contributed by atoms with E-state index in [1.165, 1.54) is 31.0 Å². The molecule has 5 heteroatoms. The number of hydrogen-bond donors (Lipinski definition) is 0. The van der Waals surface area contributed by atoms with E-state index in [9.17, 15) is 9.59 Å². The third kappa shape index (κ3) is 3.51. The van der Waals surface area contributed by atoms with Gasteiger partial charge in [0.15, 0.2) is 0 Å². The van der Waals surface area contributed by atoms with Crippen molar-refractivity contribution in [2.45, 2.75) is 45.3 Å². The molecule has 5 nitrogen and oxygen atoms in total. The van der Waals surface area contributed by atoms with Crippen LogP contribution in [0, 0.1) is 0 Å². The first kappa shape index (κ1) is 16.7. The van der Waals surface area contributed by atoms with Gasteiger partial charge in [0, 0.05) is 45.0 Å². The summed E-state index contributed by atoms with van der Waals surface area (Å²) in [6.45, 7) is 3.63. The molecule has 3 rings (SSSR count). The van der Waals surface area contributed by atoms with Gasteiger partial charge < -0.3 is 0 Å². The van der Waals surface area contributed by atoms with Crippen LogP contribution in [0.1, 0.15) is 36.6 Å². The molecule has 1 aliphatic carbocycles. The summed E-state index contributed by atoms with van der Waals surface area (Å²) in [7, 11) is 3.25. The summed E-state index contributed by atoms with van der Waals surface area (Å²) in [6.07, 6.45) is 3.42. The first-order valence-corrected chi connectivity index (χ1v) is 8.57. The molecule has 1 aromatic heterocycles. The number of rotatable bonds is 6. The number of benzene rings is 1. The second-order valence-corrected chi connectivity index (χ2v) is 6.68. The van der Waals surface area contributed by atoms with E-state index < -0.39 is 0 Å². The van der Waals surface area contributed by atoms with Crippen LogP contribution in [0.3, 0.4) is 0 Å². The summed E-state index contributed by atoms with van der Waals surface area (Å²) in [5.74, 6) is 0. The molecule has 1 aliphatic rings. The Morgan fingerprint density at radius 1 is 1.00 bits per heavy atom. The minimum absolute atomic E-state index is 0.240. The SMILES string of the molecule is CCc1ccc(CN(Cc2cc(=O)n(C)c(=O)n2C)C2CC2)cc1. The molecule has 0 aliphatic heterocycles. The first-order chi connectivity index (χ1) is 11.5. The van der Waals surface area contributed by atoms with Gasteiger partial charge >= 0.3 is 5.69 Å². The minimum Gasteiger partial charge on any atom is -0.299 e. The lowest BCUT2D eigenvalue weighted by Gasteiger charge is -2.23. The lowest BCUT2D eigenvalue weighted by Crippen LogP contribution is -2.39. The largest absolute Gasteiger partial charge is 0.330 e. The zero-order chi connectivity index (χ0) is 17.3. The molecule has 1 aromatic carbocycles. The van der Waals surface area contributed by atoms with Crippen LogP contribution in [0.4, 0.5) is 0 Å². The Balaban J connectivity index is 1.82. The molecule has 1 heterocycles. The Bertz CT molecular complexity index is 829. The van der Waals surface area contributed by atoms with Crippen molar-refractivity contribution in [1.29, 1.82) is 0 Å². The van der Waals surface area contributed by atoms with Gasteiger partial charge in [0.25, 0.3) is 5.56 Å². The summed E-state index contributed by atoms with van der Waals surface area (Å²) in [5.41, 5.74) is 2.88. The average molecular weight is 327 g/mol. The summed E-state index contributed by atoms with van der Waals surface area (Å²) in [6, 6.07) is 10.8. The van der Waals surface area contributed by atoms with Crippen LogP contribution in [0.5, 0.6) is 0 Å². The van der Waals surface area contributed by atoms with Gasteiger partial charge in [-0.2, -0.15) is 0 Å². The molecular weight excluding hydrogens is 302 g/mol. The zero-order valence-corrected chi connectivity index (χ0v) is 14.7. The van der Waals surface area contributed by atoms with Crippen molar-refractivity contribution in [2.24, 2.45) is 14.1 Å². The van der Waals surface area contributed by atoms with Crippen molar-refractivity contribution in [3.8, 4) is 0 Å². The predicted octanol–water partition coefficient (Wildman–Crippen LogP) is 1.81. The van der Waals surface area contributed by atoms with E-state index in [1.54, 1.807) is 17.7 Å². The lowest BCUT2D eigenvalue weighted by atomic mass is 10.1. The third-order valence-electron chi connectivity index (χ3n) is 4.87. The topological polar surface area (TPSA) is 47.2 Å². The van der Waals surface area contributed by atoms with Crippen molar-refractivity contribution >= 4 is 0 Å². The van der Waals surface area contributed by atoms with E-state index >= 15 is 0 Å². The normalized spacial score (nSPS) is 14.3. The fourth-order valence-electron chi connectivity index (χ4n) is 3.01. The molecule has 24 heavy (non-hydrogen) atoms. The van der Waals surface area contributed by atoms with Gasteiger partial charge in [-0.1, -0.05) is 31.2 Å². The van der Waals surface area contributed by atoms with E-state index in [1.807, 2.05) is 0 Å². The highest BCUT2D eigenvalue weighted by atomic mass is 16.2. The van der Waals surface area contributed by atoms with E-state index in [0.29, 0.717) is 12.6 Å². The van der Waals surface area contributed by atoms with Gasteiger partial charge in [-0.15, -0.1) is 0 Å². The maximum atomic E-state index is 12.1. The molecular formula is C19H25N3O2. The van der Waals surface area contributed by atoms with Gasteiger partial charge in [0.05, 0.1) is 0 Å². The Morgan fingerprint density at radius 3 is 2.21 bits per heavy atom. The van der Waals surface area contributed by atoms with E-state index in [2.05, 4.69) is 36.1 Å². The summed E-state index contributed by atoms with van der Waals surface area (Å²) >= 11 is 0. The fourth-order valence-corrected chi connectivity index (χ4v) is 3.01. The molecule has 0 N–H and O–H groups in total. The van der Waals surface area contributed by atoms with Crippen molar-refractivity contribution in [2.75, 3.05) is 0 Å². The van der Waals surface area contributed by atoms with Gasteiger partial charge in [-0.05, 0) is 30.4 Å². The number of hydrogen-bond acceptors (Lipinski definition) is 3. The van der Waals surface area contributed by atoms with Crippen LogP contribution in [0.15, 0.2) is 39.9 Å². The van der Waals surface area contributed by atoms with Crippen LogP contribution in [-0.2, 0) is 33.6 Å². The Morgan fingerprint density at radius 2 is 1.62 bits per heavy atom. The Labute approximate surface area is 142 Å². The fraction of sp³-hybridized carbons (Fsp3) is 0.474. The van der Waals surface area contributed by atoms with Crippen molar-refractivity contribution < 1.29 is 0 Å². The second-order valence-electron chi connectivity index (χ2n) is 6.68. The highest BCUT2D eigenvalue weighted by molar-refractivity contribution is 5.22. The maximum absolute atomic E-state index is 12.1. The van der Waals surface area contributed by atoms with Gasteiger partial charge in [0.1, 0.15) is 0 Å². The van der Waals surface area contributed by atoms with Gasteiger partial charge in [0.2, 0.25) is 0 Å². The average Bonchev–Trinajstić information content (AvgIpc) is 3.42. The summed E-state index contributed by atoms with van der Waals surface area (Å²) < 4.78 is 2.73. The lowest BCUT2D eigenvalue weighted by molar-refractivity contribution is 0.238. The molecule has 0 unspecified atom stereocenters. The first-order valence-electron chi connectivity index (χ1n) is 8.57. The highest BCUT2D eigenvalue weighted by Crippen LogP contribution is 2.29. The van der Waals surface area contributed by atoms with Crippen LogP contribution in [-0.4, -0.2) is 20.1 Å². The quantitative estimate of drug-likeness (QED) is 0.813. The van der Waals surface area contributed by atoms with E-state index in [4.69, 9.17) is 0 Å². The van der Waals surface area contributed by atoms with Crippen molar-refractivity contribution in [1.82, 2.24) is 14.0 Å². The Kier molecular flexibility index (Phi) is 4.71. The summed E-state index contributed by atoms with van der Waals surface area (Å²) in [4.78, 5) is 26.4. The third-order valence-corrected chi connectivity index (χ3v) is 4.87. The standard InChI is InChI=1S/C19H25N3O2/c1-4-14-5-7-15(8-6-14)12-22(16-9-10-16)13-17-11-18(23)21(3)19(24)20(17)2/h5-8,11,16H,4,9-10,12-13H2,1-3H3. The maximum Gasteiger partial charge on any atom is 0.330 e. The molecule has 1 fully saturated rings. The van der Waals surface area contributed by atoms with E-state index in [0.717, 1.165) is 23.2 Å². The van der Waals surface area contributed by atoms with Crippen molar-refractivity contribution in [3.63, 3.8) is 0 Å². The Hall–Kier alpha value is -2.14. The minimum atomic E-state index is -0.263. The molecule has 0 spiro atoms. The van der Waals surface area contributed by atoms with Crippen LogP contribution >= 0.6 is 0 Å². The smallest absolute Gasteiger partial charge is 0.299 e. The van der Waals surface area contributed by atoms with Crippen LogP contribution < -0.4 is 11.2 Å². The molecule has 2 aromatic rings. The molecule has 0 amide bonds. The molecule has 1 saturated carbocycles. The van der Waals surface area contributed by atoms with Crippen molar-refractivity contribution in [3.05, 3.63) is 68.0 Å². The molecule has 0 atom stereocenters. The number of aryl methyl sites for hydroxylation is 1. The molecule has 0 bridgehead atoms. The van der Waals surface area contributed by atoms with Crippen LogP contribution in [0.2, 0.25) is 0 Å². The second kappa shape index (κ2) is 6.77. The molecule has 0 saturated heterocycles. The summed E-state index contributed by atoms with van der Waals surface area (Å²) in [5, 5.41) is 0.